The van der Waals surface area contributed by atoms with Gasteiger partial charge in [-0.2, -0.15) is 4.98 Å². The number of carbonyl (C=O) groups is 1. The molecule has 1 N–H and O–H groups in total. The molecule has 7 nitrogen and oxygen atoms in total. The van der Waals surface area contributed by atoms with Crippen molar-refractivity contribution in [2.45, 2.75) is 52.0 Å². The molecule has 1 fully saturated rings. The van der Waals surface area contributed by atoms with Crippen molar-refractivity contribution in [1.29, 1.82) is 0 Å². The van der Waals surface area contributed by atoms with Crippen molar-refractivity contribution in [2.24, 2.45) is 0 Å². The third kappa shape index (κ3) is 2.90. The first-order chi connectivity index (χ1) is 12.1. The summed E-state index contributed by atoms with van der Waals surface area (Å²) in [6.07, 6.45) is 4.77. The maximum Gasteiger partial charge on any atom is 0.255 e. The van der Waals surface area contributed by atoms with Gasteiger partial charge in [-0.05, 0) is 45.2 Å². The summed E-state index contributed by atoms with van der Waals surface area (Å²) in [5, 5.41) is 7.04. The molecule has 0 aromatic carbocycles. The zero-order valence-corrected chi connectivity index (χ0v) is 14.6. The fourth-order valence-corrected chi connectivity index (χ4v) is 3.04. The Morgan fingerprint density at radius 3 is 2.92 bits per heavy atom. The SMILES string of the molecule is CCC(NC(=O)c1ccn2c(C)cc(C)nc12)c1nc(C2CC2)no1. The second-order valence-electron chi connectivity index (χ2n) is 6.66. The first kappa shape index (κ1) is 15.8. The van der Waals surface area contributed by atoms with E-state index < -0.39 is 0 Å². The molecule has 3 aromatic rings. The van der Waals surface area contributed by atoms with Crippen LogP contribution in [0, 0.1) is 13.8 Å². The Labute approximate surface area is 145 Å². The molecule has 25 heavy (non-hydrogen) atoms. The molecule has 0 radical (unpaired) electrons. The maximum absolute atomic E-state index is 12.8. The zero-order chi connectivity index (χ0) is 17.6. The van der Waals surface area contributed by atoms with Crippen LogP contribution in [0.4, 0.5) is 0 Å². The minimum absolute atomic E-state index is 0.182. The molecule has 1 atom stereocenters. The molecular formula is C18H21N5O2. The van der Waals surface area contributed by atoms with E-state index in [1.54, 1.807) is 6.07 Å². The van der Waals surface area contributed by atoms with Crippen molar-refractivity contribution in [1.82, 2.24) is 24.8 Å². The highest BCUT2D eigenvalue weighted by molar-refractivity contribution is 6.00. The molecule has 7 heteroatoms. The average Bonchev–Trinajstić information content (AvgIpc) is 3.15. The summed E-state index contributed by atoms with van der Waals surface area (Å²) in [4.78, 5) is 21.7. The van der Waals surface area contributed by atoms with E-state index in [9.17, 15) is 4.79 Å². The van der Waals surface area contributed by atoms with E-state index in [4.69, 9.17) is 4.52 Å². The van der Waals surface area contributed by atoms with Gasteiger partial charge in [-0.15, -0.1) is 0 Å². The van der Waals surface area contributed by atoms with E-state index in [2.05, 4.69) is 20.4 Å². The van der Waals surface area contributed by atoms with Crippen LogP contribution >= 0.6 is 0 Å². The fourth-order valence-electron chi connectivity index (χ4n) is 3.04. The molecule has 130 valence electrons. The lowest BCUT2D eigenvalue weighted by Crippen LogP contribution is -2.28. The number of hydrogen-bond acceptors (Lipinski definition) is 5. The summed E-state index contributed by atoms with van der Waals surface area (Å²) in [5.41, 5.74) is 3.14. The summed E-state index contributed by atoms with van der Waals surface area (Å²) in [6.45, 7) is 5.90. The van der Waals surface area contributed by atoms with Crippen LogP contribution in [0.5, 0.6) is 0 Å². The van der Waals surface area contributed by atoms with Gasteiger partial charge >= 0.3 is 0 Å². The van der Waals surface area contributed by atoms with Gasteiger partial charge in [0.1, 0.15) is 11.7 Å². The standard InChI is InChI=1S/C18H21N5O2/c1-4-14(18-21-15(22-25-18)12-5-6-12)20-17(24)13-7-8-23-11(3)9-10(2)19-16(13)23/h7-9,12,14H,4-6H2,1-3H3,(H,20,24). The normalized spacial score (nSPS) is 15.5. The highest BCUT2D eigenvalue weighted by Gasteiger charge is 2.30. The number of carbonyl (C=O) groups excluding carboxylic acids is 1. The monoisotopic (exact) mass is 339 g/mol. The molecule has 0 bridgehead atoms. The molecule has 1 unspecified atom stereocenters. The Balaban J connectivity index is 1.59. The molecule has 4 rings (SSSR count). The van der Waals surface area contributed by atoms with Gasteiger partial charge in [0.15, 0.2) is 5.82 Å². The van der Waals surface area contributed by atoms with Gasteiger partial charge in [0, 0.05) is 23.5 Å². The molecule has 0 saturated heterocycles. The highest BCUT2D eigenvalue weighted by atomic mass is 16.5. The van der Waals surface area contributed by atoms with Crippen LogP contribution in [0.1, 0.15) is 71.6 Å². The summed E-state index contributed by atoms with van der Waals surface area (Å²) in [5.74, 6) is 1.47. The quantitative estimate of drug-likeness (QED) is 0.772. The van der Waals surface area contributed by atoms with Crippen LogP contribution in [0.25, 0.3) is 5.65 Å². The Hall–Kier alpha value is -2.70. The average molecular weight is 339 g/mol. The summed E-state index contributed by atoms with van der Waals surface area (Å²) >= 11 is 0. The molecule has 1 saturated carbocycles. The third-order valence-corrected chi connectivity index (χ3v) is 4.60. The molecular weight excluding hydrogens is 318 g/mol. The number of amides is 1. The molecule has 1 aliphatic rings. The van der Waals surface area contributed by atoms with Gasteiger partial charge in [0.2, 0.25) is 5.89 Å². The van der Waals surface area contributed by atoms with Gasteiger partial charge in [-0.3, -0.25) is 4.79 Å². The predicted octanol–water partition coefficient (Wildman–Crippen LogP) is 3.09. The van der Waals surface area contributed by atoms with Crippen molar-refractivity contribution < 1.29 is 9.32 Å². The van der Waals surface area contributed by atoms with Crippen molar-refractivity contribution in [2.75, 3.05) is 0 Å². The van der Waals surface area contributed by atoms with E-state index >= 15 is 0 Å². The lowest BCUT2D eigenvalue weighted by molar-refractivity contribution is 0.0928. The van der Waals surface area contributed by atoms with Gasteiger partial charge in [-0.25, -0.2) is 4.98 Å². The summed E-state index contributed by atoms with van der Waals surface area (Å²) < 4.78 is 7.28. The smallest absolute Gasteiger partial charge is 0.255 e. The number of nitrogens with zero attached hydrogens (tertiary/aromatic N) is 4. The largest absolute Gasteiger partial charge is 0.340 e. The van der Waals surface area contributed by atoms with Crippen LogP contribution in [-0.4, -0.2) is 25.4 Å². The van der Waals surface area contributed by atoms with Crippen molar-refractivity contribution in [3.63, 3.8) is 0 Å². The Morgan fingerprint density at radius 1 is 1.40 bits per heavy atom. The lowest BCUT2D eigenvalue weighted by atomic mass is 10.2. The van der Waals surface area contributed by atoms with Crippen LogP contribution in [-0.2, 0) is 0 Å². The molecule has 0 aliphatic heterocycles. The van der Waals surface area contributed by atoms with Crippen molar-refractivity contribution in [3.8, 4) is 0 Å². The van der Waals surface area contributed by atoms with Crippen LogP contribution in [0.2, 0.25) is 0 Å². The molecule has 1 aliphatic carbocycles. The first-order valence-corrected chi connectivity index (χ1v) is 8.66. The minimum Gasteiger partial charge on any atom is -0.340 e. The Bertz CT molecular complexity index is 938. The molecule has 1 amide bonds. The molecule has 3 heterocycles. The number of rotatable bonds is 5. The Kier molecular flexibility index (Phi) is 3.78. The van der Waals surface area contributed by atoms with Gasteiger partial charge in [0.05, 0.1) is 5.56 Å². The number of fused-ring (bicyclic) bond motifs is 1. The van der Waals surface area contributed by atoms with Gasteiger partial charge in [-0.1, -0.05) is 12.1 Å². The first-order valence-electron chi connectivity index (χ1n) is 8.66. The van der Waals surface area contributed by atoms with Crippen LogP contribution in [0.15, 0.2) is 22.9 Å². The second-order valence-corrected chi connectivity index (χ2v) is 6.66. The number of aromatic nitrogens is 4. The Morgan fingerprint density at radius 2 is 2.20 bits per heavy atom. The van der Waals surface area contributed by atoms with E-state index in [1.165, 1.54) is 0 Å². The van der Waals surface area contributed by atoms with Crippen LogP contribution in [0.3, 0.4) is 0 Å². The van der Waals surface area contributed by atoms with Crippen LogP contribution < -0.4 is 5.32 Å². The van der Waals surface area contributed by atoms with Gasteiger partial charge < -0.3 is 14.2 Å². The van der Waals surface area contributed by atoms with E-state index in [0.717, 1.165) is 30.1 Å². The van der Waals surface area contributed by atoms with Gasteiger partial charge in [0.25, 0.3) is 5.91 Å². The van der Waals surface area contributed by atoms with E-state index in [0.29, 0.717) is 29.4 Å². The fraction of sp³-hybridized carbons (Fsp3) is 0.444. The number of hydrogen-bond donors (Lipinski definition) is 1. The predicted molar refractivity (Wildman–Crippen MR) is 91.4 cm³/mol. The molecule has 0 spiro atoms. The minimum atomic E-state index is -0.298. The summed E-state index contributed by atoms with van der Waals surface area (Å²) in [7, 11) is 0. The number of nitrogens with one attached hydrogen (secondary N) is 1. The summed E-state index contributed by atoms with van der Waals surface area (Å²) in [6, 6.07) is 3.48. The van der Waals surface area contributed by atoms with Crippen molar-refractivity contribution in [3.05, 3.63) is 47.0 Å². The van der Waals surface area contributed by atoms with Crippen molar-refractivity contribution >= 4 is 11.6 Å². The van der Waals surface area contributed by atoms with E-state index in [-0.39, 0.29) is 11.9 Å². The maximum atomic E-state index is 12.8. The third-order valence-electron chi connectivity index (χ3n) is 4.60. The van der Waals surface area contributed by atoms with E-state index in [1.807, 2.05) is 37.4 Å². The molecule has 3 aromatic heterocycles. The highest BCUT2D eigenvalue weighted by Crippen LogP contribution is 2.38. The topological polar surface area (TPSA) is 85.3 Å². The number of aryl methyl sites for hydroxylation is 2. The zero-order valence-electron chi connectivity index (χ0n) is 14.6. The lowest BCUT2D eigenvalue weighted by Gasteiger charge is -2.12. The second kappa shape index (κ2) is 5.98.